The van der Waals surface area contributed by atoms with Crippen molar-refractivity contribution in [2.24, 2.45) is 0 Å². The van der Waals surface area contributed by atoms with Gasteiger partial charge in [0.05, 0.1) is 11.2 Å². The summed E-state index contributed by atoms with van der Waals surface area (Å²) in [6.07, 6.45) is 0. The van der Waals surface area contributed by atoms with Gasteiger partial charge in [0.2, 0.25) is 0 Å². The molecule has 0 unspecified atom stereocenters. The van der Waals surface area contributed by atoms with Crippen LogP contribution in [0, 0.1) is 0 Å². The second-order valence-corrected chi connectivity index (χ2v) is 11.1. The maximum Gasteiger partial charge on any atom is 0.494 e. The van der Waals surface area contributed by atoms with E-state index in [-0.39, 0.29) is 18.3 Å². The Morgan fingerprint density at radius 2 is 1.24 bits per heavy atom. The Labute approximate surface area is 205 Å². The highest BCUT2D eigenvalue weighted by Gasteiger charge is 2.51. The van der Waals surface area contributed by atoms with Crippen LogP contribution in [0.3, 0.4) is 0 Å². The zero-order valence-corrected chi connectivity index (χ0v) is 20.8. The van der Waals surface area contributed by atoms with Gasteiger partial charge in [-0.05, 0) is 55.9 Å². The molecular formula is C30H27BO2S. The van der Waals surface area contributed by atoms with E-state index < -0.39 is 0 Å². The number of fused-ring (bicyclic) bond motifs is 3. The molecule has 0 saturated carbocycles. The average Bonchev–Trinajstić information content (AvgIpc) is 3.32. The van der Waals surface area contributed by atoms with Gasteiger partial charge in [-0.15, -0.1) is 11.3 Å². The molecule has 4 aromatic carbocycles. The molecule has 2 heterocycles. The number of thiophene rings is 1. The Morgan fingerprint density at radius 3 is 2.03 bits per heavy atom. The summed E-state index contributed by atoms with van der Waals surface area (Å²) in [7, 11) is -0.372. The monoisotopic (exact) mass is 462 g/mol. The second kappa shape index (κ2) is 7.81. The predicted molar refractivity (Wildman–Crippen MR) is 146 cm³/mol. The minimum Gasteiger partial charge on any atom is -0.399 e. The summed E-state index contributed by atoms with van der Waals surface area (Å²) >= 11 is 1.87. The van der Waals surface area contributed by atoms with Crippen LogP contribution in [0.15, 0.2) is 91.0 Å². The van der Waals surface area contributed by atoms with Crippen molar-refractivity contribution in [3.63, 3.8) is 0 Å². The molecule has 168 valence electrons. The number of benzene rings is 4. The average molecular weight is 462 g/mol. The van der Waals surface area contributed by atoms with Gasteiger partial charge in [0.15, 0.2) is 0 Å². The molecule has 2 nitrogen and oxygen atoms in total. The first-order chi connectivity index (χ1) is 16.3. The largest absolute Gasteiger partial charge is 0.494 e. The lowest BCUT2D eigenvalue weighted by atomic mass is 9.77. The van der Waals surface area contributed by atoms with Crippen LogP contribution in [-0.2, 0) is 9.31 Å². The SMILES string of the molecule is CC1(C)OB(c2cccc(-c3ccccc3-c3cccc4c3sc3ccccc34)c2)OC1(C)C. The molecule has 4 heteroatoms. The molecule has 0 aliphatic carbocycles. The number of rotatable bonds is 3. The molecule has 1 fully saturated rings. The Kier molecular flexibility index (Phi) is 4.96. The van der Waals surface area contributed by atoms with Crippen LogP contribution in [0.25, 0.3) is 42.4 Å². The highest BCUT2D eigenvalue weighted by atomic mass is 32.1. The Morgan fingerprint density at radius 1 is 0.618 bits per heavy atom. The minimum absolute atomic E-state index is 0.359. The van der Waals surface area contributed by atoms with Gasteiger partial charge in [-0.1, -0.05) is 84.9 Å². The van der Waals surface area contributed by atoms with Gasteiger partial charge in [0, 0.05) is 25.7 Å². The molecule has 0 atom stereocenters. The summed E-state index contributed by atoms with van der Waals surface area (Å²) in [5.74, 6) is 0. The highest BCUT2D eigenvalue weighted by Crippen LogP contribution is 2.42. The third-order valence-corrected chi connectivity index (χ3v) is 8.56. The van der Waals surface area contributed by atoms with Crippen molar-refractivity contribution in [3.05, 3.63) is 91.0 Å². The minimum atomic E-state index is -0.372. The van der Waals surface area contributed by atoms with E-state index in [4.69, 9.17) is 9.31 Å². The van der Waals surface area contributed by atoms with E-state index in [1.54, 1.807) is 0 Å². The third-order valence-electron chi connectivity index (χ3n) is 7.34. The zero-order valence-electron chi connectivity index (χ0n) is 20.0. The number of hydrogen-bond donors (Lipinski definition) is 0. The summed E-state index contributed by atoms with van der Waals surface area (Å²) < 4.78 is 15.3. The summed E-state index contributed by atoms with van der Waals surface area (Å²) in [4.78, 5) is 0. The van der Waals surface area contributed by atoms with Crippen LogP contribution < -0.4 is 5.46 Å². The standard InChI is InChI=1S/C30H27BO2S/c1-29(2)30(3,4)33-31(32-29)21-12-9-11-20(19-21)22-13-5-6-14-23(22)25-16-10-17-26-24-15-7-8-18-27(24)34-28(25)26/h5-19H,1-4H3. The topological polar surface area (TPSA) is 18.5 Å². The maximum atomic E-state index is 6.33. The maximum absolute atomic E-state index is 6.33. The predicted octanol–water partition coefficient (Wildman–Crippen LogP) is 7.69. The molecule has 34 heavy (non-hydrogen) atoms. The van der Waals surface area contributed by atoms with Crippen molar-refractivity contribution < 1.29 is 9.31 Å². The molecule has 1 aliphatic heterocycles. The van der Waals surface area contributed by atoms with E-state index in [0.29, 0.717) is 0 Å². The van der Waals surface area contributed by atoms with E-state index in [1.165, 1.54) is 42.4 Å². The fourth-order valence-corrected chi connectivity index (χ4v) is 5.99. The number of hydrogen-bond acceptors (Lipinski definition) is 3. The lowest BCUT2D eigenvalue weighted by Gasteiger charge is -2.32. The Balaban J connectivity index is 1.47. The normalized spacial score (nSPS) is 17.0. The van der Waals surface area contributed by atoms with E-state index >= 15 is 0 Å². The summed E-state index contributed by atoms with van der Waals surface area (Å²) in [5, 5.41) is 2.64. The molecule has 0 amide bonds. The Hall–Kier alpha value is -2.92. The molecule has 1 saturated heterocycles. The molecule has 0 N–H and O–H groups in total. The van der Waals surface area contributed by atoms with Gasteiger partial charge in [-0.2, -0.15) is 0 Å². The van der Waals surface area contributed by atoms with E-state index in [1.807, 2.05) is 11.3 Å². The summed E-state index contributed by atoms with van der Waals surface area (Å²) in [5.41, 5.74) is 5.23. The van der Waals surface area contributed by atoms with Gasteiger partial charge in [-0.25, -0.2) is 0 Å². The summed E-state index contributed by atoms with van der Waals surface area (Å²) in [6, 6.07) is 32.6. The lowest BCUT2D eigenvalue weighted by Crippen LogP contribution is -2.41. The van der Waals surface area contributed by atoms with Gasteiger partial charge in [-0.3, -0.25) is 0 Å². The van der Waals surface area contributed by atoms with Crippen molar-refractivity contribution >= 4 is 44.1 Å². The van der Waals surface area contributed by atoms with E-state index in [2.05, 4.69) is 119 Å². The van der Waals surface area contributed by atoms with Crippen molar-refractivity contribution in [1.82, 2.24) is 0 Å². The van der Waals surface area contributed by atoms with Crippen molar-refractivity contribution in [2.45, 2.75) is 38.9 Å². The summed E-state index contributed by atoms with van der Waals surface area (Å²) in [6.45, 7) is 8.38. The van der Waals surface area contributed by atoms with Gasteiger partial charge in [0.1, 0.15) is 0 Å². The third kappa shape index (κ3) is 3.40. The molecule has 0 bridgehead atoms. The van der Waals surface area contributed by atoms with Gasteiger partial charge in [0.25, 0.3) is 0 Å². The molecular weight excluding hydrogens is 435 g/mol. The van der Waals surface area contributed by atoms with Crippen LogP contribution in [0.4, 0.5) is 0 Å². The van der Waals surface area contributed by atoms with Gasteiger partial charge < -0.3 is 9.31 Å². The fourth-order valence-electron chi connectivity index (χ4n) is 4.76. The lowest BCUT2D eigenvalue weighted by molar-refractivity contribution is 0.00578. The van der Waals surface area contributed by atoms with Crippen LogP contribution in [0.1, 0.15) is 27.7 Å². The van der Waals surface area contributed by atoms with E-state index in [0.717, 1.165) is 5.46 Å². The quantitative estimate of drug-likeness (QED) is 0.256. The molecule has 0 spiro atoms. The Bertz CT molecular complexity index is 1520. The van der Waals surface area contributed by atoms with Crippen LogP contribution in [0.5, 0.6) is 0 Å². The first kappa shape index (κ1) is 21.6. The highest BCUT2D eigenvalue weighted by molar-refractivity contribution is 7.26. The van der Waals surface area contributed by atoms with Crippen LogP contribution in [0.2, 0.25) is 0 Å². The van der Waals surface area contributed by atoms with E-state index in [9.17, 15) is 0 Å². The van der Waals surface area contributed by atoms with Crippen LogP contribution in [-0.4, -0.2) is 18.3 Å². The molecule has 5 aromatic rings. The molecule has 0 radical (unpaired) electrons. The molecule has 1 aliphatic rings. The molecule has 1 aromatic heterocycles. The van der Waals surface area contributed by atoms with Crippen molar-refractivity contribution in [1.29, 1.82) is 0 Å². The second-order valence-electron chi connectivity index (χ2n) is 10.0. The smallest absolute Gasteiger partial charge is 0.399 e. The fraction of sp³-hybridized carbons (Fsp3) is 0.200. The zero-order chi connectivity index (χ0) is 23.5. The molecule has 6 rings (SSSR count). The van der Waals surface area contributed by atoms with Crippen molar-refractivity contribution in [2.75, 3.05) is 0 Å². The van der Waals surface area contributed by atoms with Gasteiger partial charge >= 0.3 is 7.12 Å². The first-order valence-electron chi connectivity index (χ1n) is 11.8. The van der Waals surface area contributed by atoms with Crippen molar-refractivity contribution in [3.8, 4) is 22.3 Å². The van der Waals surface area contributed by atoms with Crippen LogP contribution >= 0.6 is 11.3 Å². The first-order valence-corrected chi connectivity index (χ1v) is 12.6.